The molecular formula is C8H18Cl2Sn. The zero-order chi connectivity index (χ0) is 7.28. The van der Waals surface area contributed by atoms with Gasteiger partial charge in [-0.2, -0.15) is 0 Å². The molecule has 0 bridgehead atoms. The van der Waals surface area contributed by atoms with Gasteiger partial charge in [-0.1, -0.05) is 0 Å². The zero-order valence-corrected chi connectivity index (χ0v) is 12.2. The van der Waals surface area contributed by atoms with Crippen LogP contribution in [0.25, 0.3) is 0 Å². The molecular weight excluding hydrogens is 286 g/mol. The summed E-state index contributed by atoms with van der Waals surface area (Å²) in [5.74, 6) is 0. The van der Waals surface area contributed by atoms with Crippen LogP contribution in [-0.2, 0) is 0 Å². The van der Waals surface area contributed by atoms with Crippen LogP contribution in [0.2, 0.25) is 7.87 Å². The van der Waals surface area contributed by atoms with Crippen molar-refractivity contribution in [3.8, 4) is 0 Å². The van der Waals surface area contributed by atoms with E-state index < -0.39 is 0 Å². The van der Waals surface area contributed by atoms with Crippen LogP contribution in [0.5, 0.6) is 0 Å². The Labute approximate surface area is 93.9 Å². The second kappa shape index (κ2) is 11.4. The van der Waals surface area contributed by atoms with E-state index in [1.165, 1.54) is 12.8 Å². The van der Waals surface area contributed by atoms with Crippen molar-refractivity contribution in [2.24, 2.45) is 0 Å². The number of halogens is 2. The Morgan fingerprint density at radius 2 is 1.18 bits per heavy atom. The molecule has 2 atom stereocenters. The van der Waals surface area contributed by atoms with Gasteiger partial charge in [0, 0.05) is 0 Å². The Balaban J connectivity index is -0.000000320. The second-order valence-corrected chi connectivity index (χ2v) is 9.36. The molecule has 0 saturated heterocycles. The molecule has 0 aromatic carbocycles. The standard InChI is InChI=1S/2C4H9.2ClH.Sn/c2*1-3-4-2;;;/h2*3H,4H2,1-2H3;2*1H;/q;;;;+2/p-2. The molecule has 0 radical (unpaired) electrons. The molecule has 0 aliphatic heterocycles. The molecule has 0 N–H and O–H groups in total. The van der Waals surface area contributed by atoms with E-state index in [0.29, 0.717) is 0 Å². The van der Waals surface area contributed by atoms with Crippen LogP contribution < -0.4 is 24.8 Å². The van der Waals surface area contributed by atoms with Crippen molar-refractivity contribution in [1.82, 2.24) is 0 Å². The van der Waals surface area contributed by atoms with Crippen molar-refractivity contribution in [2.45, 2.75) is 48.4 Å². The van der Waals surface area contributed by atoms with Gasteiger partial charge in [0.1, 0.15) is 0 Å². The van der Waals surface area contributed by atoms with E-state index in [0.717, 1.165) is 7.87 Å². The number of rotatable bonds is 4. The predicted molar refractivity (Wildman–Crippen MR) is 45.2 cm³/mol. The van der Waals surface area contributed by atoms with E-state index in [-0.39, 0.29) is 46.0 Å². The Morgan fingerprint density at radius 1 is 0.909 bits per heavy atom. The SMILES string of the molecule is CC[CH](C)[Sn+2][CH](C)CC.[Cl-].[Cl-]. The maximum absolute atomic E-state index is 2.42. The van der Waals surface area contributed by atoms with Crippen LogP contribution in [0.4, 0.5) is 0 Å². The predicted octanol–water partition coefficient (Wildman–Crippen LogP) is -2.86. The third-order valence-corrected chi connectivity index (χ3v) is 7.37. The summed E-state index contributed by atoms with van der Waals surface area (Å²) in [4.78, 5) is 0. The summed E-state index contributed by atoms with van der Waals surface area (Å²) >= 11 is 0.00250. The van der Waals surface area contributed by atoms with E-state index in [1.54, 1.807) is 0 Å². The molecule has 0 amide bonds. The van der Waals surface area contributed by atoms with Gasteiger partial charge in [0.25, 0.3) is 0 Å². The molecule has 3 heteroatoms. The molecule has 0 heterocycles. The Hall–Kier alpha value is 1.38. The molecule has 0 aliphatic rings. The largest absolute Gasteiger partial charge is 1.00 e. The molecule has 0 spiro atoms. The van der Waals surface area contributed by atoms with Crippen LogP contribution in [0.1, 0.15) is 40.5 Å². The molecule has 68 valence electrons. The molecule has 0 aromatic rings. The van der Waals surface area contributed by atoms with Crippen molar-refractivity contribution in [2.75, 3.05) is 0 Å². The van der Waals surface area contributed by atoms with Crippen LogP contribution in [0.3, 0.4) is 0 Å². The van der Waals surface area contributed by atoms with Gasteiger partial charge in [0.2, 0.25) is 0 Å². The zero-order valence-electron chi connectivity index (χ0n) is 7.82. The fraction of sp³-hybridized carbons (Fsp3) is 1.00. The number of hydrogen-bond acceptors (Lipinski definition) is 0. The number of hydrogen-bond donors (Lipinski definition) is 0. The van der Waals surface area contributed by atoms with Crippen molar-refractivity contribution in [3.63, 3.8) is 0 Å². The minimum absolute atomic E-state index is 0. The fourth-order valence-electron chi connectivity index (χ4n) is 0.721. The van der Waals surface area contributed by atoms with Gasteiger partial charge in [-0.3, -0.25) is 0 Å². The first-order chi connectivity index (χ1) is 4.20. The van der Waals surface area contributed by atoms with E-state index in [2.05, 4.69) is 27.7 Å². The topological polar surface area (TPSA) is 0 Å². The van der Waals surface area contributed by atoms with Gasteiger partial charge >= 0.3 is 69.5 Å². The first kappa shape index (κ1) is 18.2. The van der Waals surface area contributed by atoms with Crippen LogP contribution in [0.15, 0.2) is 0 Å². The Morgan fingerprint density at radius 3 is 1.36 bits per heavy atom. The molecule has 0 saturated carbocycles. The summed E-state index contributed by atoms with van der Waals surface area (Å²) in [5, 5.41) is 0. The summed E-state index contributed by atoms with van der Waals surface area (Å²) < 4.78 is 2.20. The van der Waals surface area contributed by atoms with Gasteiger partial charge < -0.3 is 24.8 Å². The van der Waals surface area contributed by atoms with Crippen LogP contribution in [-0.4, -0.2) is 21.1 Å². The fourth-order valence-corrected chi connectivity index (χ4v) is 4.84. The molecule has 0 fully saturated rings. The van der Waals surface area contributed by atoms with Crippen molar-refractivity contribution < 1.29 is 24.8 Å². The van der Waals surface area contributed by atoms with E-state index in [9.17, 15) is 0 Å². The maximum atomic E-state index is 2.42. The van der Waals surface area contributed by atoms with E-state index in [1.807, 2.05) is 0 Å². The van der Waals surface area contributed by atoms with E-state index in [4.69, 9.17) is 0 Å². The minimum atomic E-state index is 0. The molecule has 0 rings (SSSR count). The Bertz CT molecular complexity index is 61.1. The van der Waals surface area contributed by atoms with Crippen molar-refractivity contribution in [3.05, 3.63) is 0 Å². The average molecular weight is 304 g/mol. The second-order valence-electron chi connectivity index (χ2n) is 2.79. The monoisotopic (exact) mass is 304 g/mol. The first-order valence-electron chi connectivity index (χ1n) is 3.96. The van der Waals surface area contributed by atoms with E-state index >= 15 is 0 Å². The minimum Gasteiger partial charge on any atom is -1.00 e. The quantitative estimate of drug-likeness (QED) is 0.490. The molecule has 0 nitrogen and oxygen atoms in total. The molecule has 0 aromatic heterocycles. The summed E-state index contributed by atoms with van der Waals surface area (Å²) in [6.45, 7) is 9.46. The van der Waals surface area contributed by atoms with Gasteiger partial charge in [-0.05, 0) is 0 Å². The summed E-state index contributed by atoms with van der Waals surface area (Å²) in [7, 11) is 0. The Kier molecular flexibility index (Phi) is 18.8. The smallest absolute Gasteiger partial charge is 1.00 e. The third-order valence-electron chi connectivity index (χ3n) is 1.79. The maximum Gasteiger partial charge on any atom is -1.00 e. The van der Waals surface area contributed by atoms with Gasteiger partial charge in [-0.25, -0.2) is 0 Å². The summed E-state index contributed by atoms with van der Waals surface area (Å²) in [6, 6.07) is 0. The first-order valence-corrected chi connectivity index (χ1v) is 7.26. The molecule has 2 unspecified atom stereocenters. The third kappa shape index (κ3) is 11.4. The summed E-state index contributed by atoms with van der Waals surface area (Å²) in [6.07, 6.45) is 2.83. The van der Waals surface area contributed by atoms with Gasteiger partial charge in [0.05, 0.1) is 0 Å². The average Bonchev–Trinajstić information content (AvgIpc) is 1.87. The molecule has 0 aliphatic carbocycles. The van der Waals surface area contributed by atoms with Crippen molar-refractivity contribution >= 4 is 21.1 Å². The summed E-state index contributed by atoms with van der Waals surface area (Å²) in [5.41, 5.74) is 0. The molecule has 11 heavy (non-hydrogen) atoms. The van der Waals surface area contributed by atoms with Crippen LogP contribution >= 0.6 is 0 Å². The van der Waals surface area contributed by atoms with Gasteiger partial charge in [-0.15, -0.1) is 0 Å². The normalized spacial score (nSPS) is 13.5. The van der Waals surface area contributed by atoms with Crippen molar-refractivity contribution in [1.29, 1.82) is 0 Å². The van der Waals surface area contributed by atoms with Crippen LogP contribution in [0, 0.1) is 0 Å². The van der Waals surface area contributed by atoms with Gasteiger partial charge in [0.15, 0.2) is 0 Å².